The molecule has 0 saturated carbocycles. The number of carbonyl (C=O) groups is 1. The Kier molecular flexibility index (Phi) is 3.52. The molecule has 0 aliphatic rings. The lowest BCUT2D eigenvalue weighted by molar-refractivity contribution is 0.0827. The minimum Gasteiger partial charge on any atom is -0.504 e. The lowest BCUT2D eigenvalue weighted by atomic mass is 10.0. The minimum absolute atomic E-state index is 0.182. The van der Waals surface area contributed by atoms with Crippen LogP contribution in [0.5, 0.6) is 5.75 Å². The third-order valence-corrected chi connectivity index (χ3v) is 3.63. The van der Waals surface area contributed by atoms with E-state index in [4.69, 9.17) is 0 Å². The quantitative estimate of drug-likeness (QED) is 0.764. The number of imidazole rings is 1. The summed E-state index contributed by atoms with van der Waals surface area (Å²) in [6.07, 6.45) is 0. The highest BCUT2D eigenvalue weighted by Gasteiger charge is 2.17. The molecule has 2 aromatic carbocycles. The van der Waals surface area contributed by atoms with E-state index >= 15 is 0 Å². The topological polar surface area (TPSA) is 69.2 Å². The van der Waals surface area contributed by atoms with Gasteiger partial charge in [-0.15, -0.1) is 0 Å². The van der Waals surface area contributed by atoms with Gasteiger partial charge in [0.25, 0.3) is 5.91 Å². The number of aromatic nitrogens is 2. The van der Waals surface area contributed by atoms with E-state index in [1.54, 1.807) is 32.3 Å². The lowest BCUT2D eigenvalue weighted by Crippen LogP contribution is -2.21. The zero-order valence-corrected chi connectivity index (χ0v) is 13.0. The van der Waals surface area contributed by atoms with Crippen molar-refractivity contribution in [3.05, 3.63) is 47.5 Å². The highest BCUT2D eigenvalue weighted by atomic mass is 19.1. The van der Waals surface area contributed by atoms with Crippen molar-refractivity contribution in [2.75, 3.05) is 14.1 Å². The van der Waals surface area contributed by atoms with Gasteiger partial charge < -0.3 is 15.0 Å². The number of hydrogen-bond acceptors (Lipinski definition) is 3. The predicted molar refractivity (Wildman–Crippen MR) is 85.9 cm³/mol. The normalized spacial score (nSPS) is 11.0. The molecule has 6 heteroatoms. The lowest BCUT2D eigenvalue weighted by Gasteiger charge is -2.13. The van der Waals surface area contributed by atoms with Crippen LogP contribution in [0.2, 0.25) is 0 Å². The molecule has 2 N–H and O–H groups in total. The van der Waals surface area contributed by atoms with Crippen molar-refractivity contribution < 1.29 is 14.3 Å². The molecule has 0 aliphatic carbocycles. The van der Waals surface area contributed by atoms with Gasteiger partial charge in [0.2, 0.25) is 0 Å². The number of fused-ring (bicyclic) bond motifs is 1. The Morgan fingerprint density at radius 1 is 1.26 bits per heavy atom. The first-order valence-electron chi connectivity index (χ1n) is 7.07. The van der Waals surface area contributed by atoms with E-state index in [2.05, 4.69) is 9.97 Å². The number of benzene rings is 2. The molecule has 0 bridgehead atoms. The van der Waals surface area contributed by atoms with Crippen LogP contribution in [0.15, 0.2) is 30.3 Å². The van der Waals surface area contributed by atoms with Crippen LogP contribution in [-0.4, -0.2) is 40.0 Å². The number of rotatable bonds is 2. The largest absolute Gasteiger partial charge is 0.504 e. The number of phenols is 1. The number of nitrogens with zero attached hydrogens (tertiary/aromatic N) is 2. The molecule has 0 spiro atoms. The molecule has 1 heterocycles. The van der Waals surface area contributed by atoms with Gasteiger partial charge in [-0.25, -0.2) is 9.37 Å². The first-order valence-corrected chi connectivity index (χ1v) is 7.07. The van der Waals surface area contributed by atoms with Gasteiger partial charge in [0, 0.05) is 25.2 Å². The summed E-state index contributed by atoms with van der Waals surface area (Å²) in [6.45, 7) is 1.84. The molecule has 0 unspecified atom stereocenters. The van der Waals surface area contributed by atoms with E-state index in [1.165, 1.54) is 11.0 Å². The van der Waals surface area contributed by atoms with Crippen LogP contribution in [-0.2, 0) is 0 Å². The third kappa shape index (κ3) is 2.63. The molecule has 1 amide bonds. The fourth-order valence-corrected chi connectivity index (χ4v) is 2.51. The van der Waals surface area contributed by atoms with Gasteiger partial charge in [0.1, 0.15) is 5.82 Å². The summed E-state index contributed by atoms with van der Waals surface area (Å²) < 4.78 is 14.0. The van der Waals surface area contributed by atoms with Crippen LogP contribution in [0.25, 0.3) is 22.2 Å². The van der Waals surface area contributed by atoms with Crippen molar-refractivity contribution in [2.45, 2.75) is 6.92 Å². The Morgan fingerprint density at radius 2 is 2.00 bits per heavy atom. The SMILES string of the molecule is Cc1nc2ccc(-c3cc(C(=O)N(C)C)cc(F)c3O)cc2[nH]1. The van der Waals surface area contributed by atoms with Gasteiger partial charge in [-0.3, -0.25) is 4.79 Å². The van der Waals surface area contributed by atoms with Crippen molar-refractivity contribution >= 4 is 16.9 Å². The van der Waals surface area contributed by atoms with Gasteiger partial charge in [-0.1, -0.05) is 6.07 Å². The molecule has 23 heavy (non-hydrogen) atoms. The zero-order valence-electron chi connectivity index (χ0n) is 13.0. The zero-order chi connectivity index (χ0) is 16.7. The Balaban J connectivity index is 2.18. The van der Waals surface area contributed by atoms with Crippen molar-refractivity contribution in [3.63, 3.8) is 0 Å². The van der Waals surface area contributed by atoms with Crippen LogP contribution < -0.4 is 0 Å². The number of aryl methyl sites for hydroxylation is 1. The second-order valence-electron chi connectivity index (χ2n) is 5.61. The number of phenolic OH excluding ortho intramolecular Hbond substituents is 1. The number of nitrogens with one attached hydrogen (secondary N) is 1. The molecule has 118 valence electrons. The molecule has 0 saturated heterocycles. The second-order valence-corrected chi connectivity index (χ2v) is 5.61. The minimum atomic E-state index is -0.825. The summed E-state index contributed by atoms with van der Waals surface area (Å²) in [4.78, 5) is 20.8. The molecule has 3 rings (SSSR count). The van der Waals surface area contributed by atoms with Crippen LogP contribution in [0.4, 0.5) is 4.39 Å². The van der Waals surface area contributed by atoms with Crippen molar-refractivity contribution in [1.82, 2.24) is 14.9 Å². The average Bonchev–Trinajstić information content (AvgIpc) is 2.88. The maximum absolute atomic E-state index is 14.0. The predicted octanol–water partition coefficient (Wildman–Crippen LogP) is 3.08. The number of amides is 1. The van der Waals surface area contributed by atoms with Crippen molar-refractivity contribution in [3.8, 4) is 16.9 Å². The van der Waals surface area contributed by atoms with E-state index in [9.17, 15) is 14.3 Å². The number of H-pyrrole nitrogens is 1. The Hall–Kier alpha value is -2.89. The average molecular weight is 313 g/mol. The summed E-state index contributed by atoms with van der Waals surface area (Å²) in [5.74, 6) is -0.864. The maximum Gasteiger partial charge on any atom is 0.253 e. The Bertz CT molecular complexity index is 916. The van der Waals surface area contributed by atoms with E-state index in [1.807, 2.05) is 6.92 Å². The van der Waals surface area contributed by atoms with Gasteiger partial charge in [-0.2, -0.15) is 0 Å². The molecule has 3 aromatic rings. The Morgan fingerprint density at radius 3 is 2.70 bits per heavy atom. The summed E-state index contributed by atoms with van der Waals surface area (Å²) in [7, 11) is 3.18. The van der Waals surface area contributed by atoms with Crippen LogP contribution in [0, 0.1) is 12.7 Å². The van der Waals surface area contributed by atoms with Gasteiger partial charge in [0.15, 0.2) is 11.6 Å². The first kappa shape index (κ1) is 15.0. The van der Waals surface area contributed by atoms with E-state index in [0.29, 0.717) is 5.56 Å². The third-order valence-electron chi connectivity index (χ3n) is 3.63. The van der Waals surface area contributed by atoms with Crippen LogP contribution in [0.1, 0.15) is 16.2 Å². The van der Waals surface area contributed by atoms with Crippen molar-refractivity contribution in [1.29, 1.82) is 0 Å². The maximum atomic E-state index is 14.0. The van der Waals surface area contributed by atoms with Gasteiger partial charge in [0.05, 0.1) is 11.0 Å². The molecule has 0 atom stereocenters. The summed E-state index contributed by atoms with van der Waals surface area (Å²) in [5, 5.41) is 10.0. The number of aromatic amines is 1. The highest BCUT2D eigenvalue weighted by molar-refractivity contribution is 5.96. The van der Waals surface area contributed by atoms with Crippen molar-refractivity contribution in [2.24, 2.45) is 0 Å². The van der Waals surface area contributed by atoms with E-state index < -0.39 is 11.6 Å². The fraction of sp³-hybridized carbons (Fsp3) is 0.176. The standard InChI is InChI=1S/C17H16FN3O2/c1-9-19-14-5-4-10(8-15(14)20-9)12-6-11(17(23)21(2)3)7-13(18)16(12)22/h4-8,22H,1-3H3,(H,19,20). The molecule has 5 nitrogen and oxygen atoms in total. The van der Waals surface area contributed by atoms with Crippen LogP contribution >= 0.6 is 0 Å². The molecular formula is C17H16FN3O2. The van der Waals surface area contributed by atoms with Gasteiger partial charge in [-0.05, 0) is 36.8 Å². The monoisotopic (exact) mass is 313 g/mol. The molecular weight excluding hydrogens is 297 g/mol. The molecule has 0 radical (unpaired) electrons. The molecule has 0 fully saturated rings. The highest BCUT2D eigenvalue weighted by Crippen LogP contribution is 2.34. The summed E-state index contributed by atoms with van der Waals surface area (Å²) in [5.41, 5.74) is 2.62. The number of hydrogen-bond donors (Lipinski definition) is 2. The fourth-order valence-electron chi connectivity index (χ4n) is 2.51. The number of halogens is 1. The molecule has 0 aliphatic heterocycles. The number of aromatic hydroxyl groups is 1. The first-order chi connectivity index (χ1) is 10.9. The van der Waals surface area contributed by atoms with E-state index in [0.717, 1.165) is 22.9 Å². The van der Waals surface area contributed by atoms with Gasteiger partial charge >= 0.3 is 0 Å². The Labute approximate surface area is 132 Å². The molecule has 1 aromatic heterocycles. The summed E-state index contributed by atoms with van der Waals surface area (Å²) >= 11 is 0. The van der Waals surface area contributed by atoms with Crippen LogP contribution in [0.3, 0.4) is 0 Å². The second kappa shape index (κ2) is 5.39. The smallest absolute Gasteiger partial charge is 0.253 e. The summed E-state index contributed by atoms with van der Waals surface area (Å²) in [6, 6.07) is 7.83. The number of carbonyl (C=O) groups excluding carboxylic acids is 1. The van der Waals surface area contributed by atoms with E-state index in [-0.39, 0.29) is 17.0 Å².